The number of methoxy groups -OCH3 is 1. The van der Waals surface area contributed by atoms with Crippen molar-refractivity contribution in [1.82, 2.24) is 14.7 Å². The van der Waals surface area contributed by atoms with Crippen molar-refractivity contribution < 1.29 is 17.9 Å². The normalized spacial score (nSPS) is 11.3. The van der Waals surface area contributed by atoms with Crippen LogP contribution in [-0.2, 0) is 9.84 Å². The lowest BCUT2D eigenvalue weighted by atomic mass is 10.2. The minimum absolute atomic E-state index is 0.142. The Morgan fingerprint density at radius 1 is 1.25 bits per heavy atom. The molecule has 8 heteroatoms. The summed E-state index contributed by atoms with van der Waals surface area (Å²) < 4.78 is 31.7. The maximum atomic E-state index is 12.8. The van der Waals surface area contributed by atoms with Gasteiger partial charge in [-0.2, -0.15) is 9.78 Å². The Kier molecular flexibility index (Phi) is 5.28. The van der Waals surface area contributed by atoms with Crippen LogP contribution in [-0.4, -0.2) is 49.3 Å². The first-order valence-corrected chi connectivity index (χ1v) is 9.08. The first-order chi connectivity index (χ1) is 11.3. The average Bonchev–Trinajstić information content (AvgIpc) is 3.06. The summed E-state index contributed by atoms with van der Waals surface area (Å²) in [6, 6.07) is 5.69. The third kappa shape index (κ3) is 3.28. The molecule has 0 saturated heterocycles. The number of aromatic nitrogens is 2. The van der Waals surface area contributed by atoms with E-state index in [1.807, 2.05) is 13.8 Å². The second-order valence-electron chi connectivity index (χ2n) is 5.19. The van der Waals surface area contributed by atoms with Gasteiger partial charge in [0.25, 0.3) is 0 Å². The van der Waals surface area contributed by atoms with Gasteiger partial charge in [-0.25, -0.2) is 13.2 Å². The Hall–Kier alpha value is -2.35. The Labute approximate surface area is 141 Å². The van der Waals surface area contributed by atoms with Gasteiger partial charge < -0.3 is 9.64 Å². The van der Waals surface area contributed by atoms with Gasteiger partial charge in [0.2, 0.25) is 9.84 Å². The quantitative estimate of drug-likeness (QED) is 0.826. The van der Waals surface area contributed by atoms with Gasteiger partial charge in [-0.1, -0.05) is 0 Å². The molecule has 24 heavy (non-hydrogen) atoms. The van der Waals surface area contributed by atoms with E-state index >= 15 is 0 Å². The standard InChI is InChI=1S/C16H21N3O4S/c1-5-18(6-2)16(20)19-10-9-15(17-19)24(21,22)14-8-7-13(23-4)11-12(14)3/h7-11H,5-6H2,1-4H3. The first-order valence-electron chi connectivity index (χ1n) is 7.59. The molecule has 0 bridgehead atoms. The number of hydrogen-bond donors (Lipinski definition) is 0. The summed E-state index contributed by atoms with van der Waals surface area (Å²) in [5.41, 5.74) is 0.555. The maximum Gasteiger partial charge on any atom is 0.344 e. The molecule has 0 aliphatic rings. The summed E-state index contributed by atoms with van der Waals surface area (Å²) >= 11 is 0. The summed E-state index contributed by atoms with van der Waals surface area (Å²) in [7, 11) is -2.29. The molecule has 0 saturated carbocycles. The molecule has 2 rings (SSSR count). The number of hydrogen-bond acceptors (Lipinski definition) is 5. The fourth-order valence-corrected chi connectivity index (χ4v) is 3.75. The van der Waals surface area contributed by atoms with Gasteiger partial charge in [-0.3, -0.25) is 0 Å². The SMILES string of the molecule is CCN(CC)C(=O)n1ccc(S(=O)(=O)c2ccc(OC)cc2C)n1. The van der Waals surface area contributed by atoms with Gasteiger partial charge in [0.1, 0.15) is 5.75 Å². The molecule has 1 aromatic carbocycles. The molecule has 0 spiro atoms. The van der Waals surface area contributed by atoms with Crippen LogP contribution in [0.1, 0.15) is 19.4 Å². The molecule has 1 amide bonds. The van der Waals surface area contributed by atoms with E-state index in [4.69, 9.17) is 4.74 Å². The Bertz CT molecular complexity index is 839. The van der Waals surface area contributed by atoms with Gasteiger partial charge >= 0.3 is 6.03 Å². The van der Waals surface area contributed by atoms with E-state index in [-0.39, 0.29) is 16.0 Å². The maximum absolute atomic E-state index is 12.8. The molecule has 0 aliphatic heterocycles. The molecule has 130 valence electrons. The Morgan fingerprint density at radius 2 is 1.92 bits per heavy atom. The lowest BCUT2D eigenvalue weighted by Gasteiger charge is -2.17. The van der Waals surface area contributed by atoms with Crippen molar-refractivity contribution in [2.24, 2.45) is 0 Å². The van der Waals surface area contributed by atoms with Crippen molar-refractivity contribution in [2.75, 3.05) is 20.2 Å². The van der Waals surface area contributed by atoms with Gasteiger partial charge in [-0.05, 0) is 50.6 Å². The zero-order valence-electron chi connectivity index (χ0n) is 14.2. The number of ether oxygens (including phenoxy) is 1. The number of carbonyl (C=O) groups excluding carboxylic acids is 1. The molecule has 0 unspecified atom stereocenters. The third-order valence-corrected chi connectivity index (χ3v) is 5.55. The van der Waals surface area contributed by atoms with E-state index in [2.05, 4.69) is 5.10 Å². The van der Waals surface area contributed by atoms with Gasteiger partial charge in [-0.15, -0.1) is 0 Å². The Morgan fingerprint density at radius 3 is 2.46 bits per heavy atom. The minimum atomic E-state index is -3.80. The van der Waals surface area contributed by atoms with Gasteiger partial charge in [0.05, 0.1) is 12.0 Å². The zero-order chi connectivity index (χ0) is 17.9. The van der Waals surface area contributed by atoms with E-state index in [9.17, 15) is 13.2 Å². The summed E-state index contributed by atoms with van der Waals surface area (Å²) in [5.74, 6) is 0.577. The summed E-state index contributed by atoms with van der Waals surface area (Å²) in [4.78, 5) is 13.9. The molecule has 0 radical (unpaired) electrons. The number of aryl methyl sites for hydroxylation is 1. The van der Waals surface area contributed by atoms with Crippen LogP contribution < -0.4 is 4.74 Å². The fraction of sp³-hybridized carbons (Fsp3) is 0.375. The van der Waals surface area contributed by atoms with E-state index in [1.54, 1.807) is 24.0 Å². The predicted octanol–water partition coefficient (Wildman–Crippen LogP) is 2.34. The molecule has 2 aromatic rings. The fourth-order valence-electron chi connectivity index (χ4n) is 2.36. The molecule has 0 atom stereocenters. The zero-order valence-corrected chi connectivity index (χ0v) is 15.0. The molecular weight excluding hydrogens is 330 g/mol. The molecule has 1 aromatic heterocycles. The smallest absolute Gasteiger partial charge is 0.344 e. The third-order valence-electron chi connectivity index (χ3n) is 3.74. The summed E-state index contributed by atoms with van der Waals surface area (Å²) in [6.45, 7) is 6.43. The van der Waals surface area contributed by atoms with Crippen molar-refractivity contribution in [3.8, 4) is 5.75 Å². The minimum Gasteiger partial charge on any atom is -0.497 e. The topological polar surface area (TPSA) is 81.5 Å². The van der Waals surface area contributed by atoms with Crippen molar-refractivity contribution in [3.63, 3.8) is 0 Å². The lowest BCUT2D eigenvalue weighted by Crippen LogP contribution is -2.34. The number of benzene rings is 1. The monoisotopic (exact) mass is 351 g/mol. The highest BCUT2D eigenvalue weighted by Gasteiger charge is 2.24. The highest BCUT2D eigenvalue weighted by molar-refractivity contribution is 7.91. The van der Waals surface area contributed by atoms with Crippen LogP contribution in [0.2, 0.25) is 0 Å². The van der Waals surface area contributed by atoms with Crippen molar-refractivity contribution in [1.29, 1.82) is 0 Å². The highest BCUT2D eigenvalue weighted by atomic mass is 32.2. The number of carbonyl (C=O) groups is 1. The molecule has 7 nitrogen and oxygen atoms in total. The van der Waals surface area contributed by atoms with Crippen LogP contribution in [0.3, 0.4) is 0 Å². The number of amides is 1. The highest BCUT2D eigenvalue weighted by Crippen LogP contribution is 2.25. The van der Waals surface area contributed by atoms with Crippen LogP contribution >= 0.6 is 0 Å². The second-order valence-corrected chi connectivity index (χ2v) is 7.05. The van der Waals surface area contributed by atoms with Gasteiger partial charge in [0, 0.05) is 19.3 Å². The number of nitrogens with zero attached hydrogens (tertiary/aromatic N) is 3. The molecular formula is C16H21N3O4S. The molecule has 0 aliphatic carbocycles. The van der Waals surface area contributed by atoms with Crippen LogP contribution in [0.25, 0.3) is 0 Å². The summed E-state index contributed by atoms with van der Waals surface area (Å²) in [6.07, 6.45) is 1.37. The molecule has 1 heterocycles. The predicted molar refractivity (Wildman–Crippen MR) is 89.1 cm³/mol. The van der Waals surface area contributed by atoms with Crippen molar-refractivity contribution in [2.45, 2.75) is 30.7 Å². The van der Waals surface area contributed by atoms with E-state index < -0.39 is 9.84 Å². The van der Waals surface area contributed by atoms with Crippen LogP contribution in [0.5, 0.6) is 5.75 Å². The van der Waals surface area contributed by atoms with E-state index in [0.717, 1.165) is 4.68 Å². The van der Waals surface area contributed by atoms with Crippen LogP contribution in [0.15, 0.2) is 40.4 Å². The van der Waals surface area contributed by atoms with E-state index in [1.165, 1.54) is 25.4 Å². The van der Waals surface area contributed by atoms with Crippen molar-refractivity contribution >= 4 is 15.9 Å². The van der Waals surface area contributed by atoms with Crippen LogP contribution in [0.4, 0.5) is 4.79 Å². The van der Waals surface area contributed by atoms with E-state index in [0.29, 0.717) is 24.4 Å². The first kappa shape index (κ1) is 18.0. The summed E-state index contributed by atoms with van der Waals surface area (Å²) in [5, 5.41) is 3.81. The molecule has 0 fully saturated rings. The van der Waals surface area contributed by atoms with Gasteiger partial charge in [0.15, 0.2) is 5.03 Å². The average molecular weight is 351 g/mol. The number of rotatable bonds is 5. The second kappa shape index (κ2) is 7.04. The molecule has 0 N–H and O–H groups in total. The number of sulfone groups is 1. The Balaban J connectivity index is 2.40. The largest absolute Gasteiger partial charge is 0.497 e. The lowest BCUT2D eigenvalue weighted by molar-refractivity contribution is 0.201. The van der Waals surface area contributed by atoms with Crippen LogP contribution in [0, 0.1) is 6.92 Å². The van der Waals surface area contributed by atoms with Crippen molar-refractivity contribution in [3.05, 3.63) is 36.0 Å².